The number of rotatable bonds is 4. The highest BCUT2D eigenvalue weighted by molar-refractivity contribution is 8.01. The lowest BCUT2D eigenvalue weighted by molar-refractivity contribution is -0.125. The zero-order valence-electron chi connectivity index (χ0n) is 14.4. The molecule has 2 fully saturated rings. The third-order valence-corrected chi connectivity index (χ3v) is 6.63. The molecule has 2 saturated heterocycles. The SMILES string of the molecule is O=C(C[C@@H]1Sc2ccc(Cl)cc2NC1=O)NC[C@@H]1CN2CCC[C@@H]2CO1. The first-order valence-corrected chi connectivity index (χ1v) is 10.2. The topological polar surface area (TPSA) is 70.7 Å². The van der Waals surface area contributed by atoms with E-state index in [0.29, 0.717) is 23.3 Å². The predicted molar refractivity (Wildman–Crippen MR) is 102 cm³/mol. The van der Waals surface area contributed by atoms with Crippen LogP contribution in [-0.2, 0) is 14.3 Å². The molecule has 2 amide bonds. The minimum Gasteiger partial charge on any atom is -0.373 e. The van der Waals surface area contributed by atoms with E-state index in [1.54, 1.807) is 12.1 Å². The molecule has 0 aromatic heterocycles. The first kappa shape index (κ1) is 18.1. The van der Waals surface area contributed by atoms with Gasteiger partial charge in [-0.25, -0.2) is 0 Å². The summed E-state index contributed by atoms with van der Waals surface area (Å²) in [4.78, 5) is 27.9. The van der Waals surface area contributed by atoms with Crippen molar-refractivity contribution >= 4 is 40.9 Å². The first-order valence-electron chi connectivity index (χ1n) is 8.98. The van der Waals surface area contributed by atoms with Crippen molar-refractivity contribution in [3.8, 4) is 0 Å². The fourth-order valence-electron chi connectivity index (χ4n) is 3.73. The van der Waals surface area contributed by atoms with Crippen LogP contribution in [-0.4, -0.2) is 60.4 Å². The Morgan fingerprint density at radius 1 is 1.46 bits per heavy atom. The van der Waals surface area contributed by atoms with Crippen LogP contribution >= 0.6 is 23.4 Å². The van der Waals surface area contributed by atoms with E-state index in [-0.39, 0.29) is 24.3 Å². The van der Waals surface area contributed by atoms with Crippen LogP contribution in [0, 0.1) is 0 Å². The Morgan fingerprint density at radius 2 is 2.35 bits per heavy atom. The van der Waals surface area contributed by atoms with Gasteiger partial charge in [-0.05, 0) is 37.6 Å². The quantitative estimate of drug-likeness (QED) is 0.817. The Bertz CT molecular complexity index is 717. The van der Waals surface area contributed by atoms with E-state index in [1.807, 2.05) is 6.07 Å². The lowest BCUT2D eigenvalue weighted by atomic mass is 10.2. The normalized spacial score (nSPS) is 28.2. The number of nitrogens with one attached hydrogen (secondary N) is 2. The maximum absolute atomic E-state index is 12.3. The van der Waals surface area contributed by atoms with E-state index in [2.05, 4.69) is 15.5 Å². The van der Waals surface area contributed by atoms with Crippen molar-refractivity contribution < 1.29 is 14.3 Å². The monoisotopic (exact) mass is 395 g/mol. The smallest absolute Gasteiger partial charge is 0.238 e. The van der Waals surface area contributed by atoms with Gasteiger partial charge in [0.2, 0.25) is 11.8 Å². The lowest BCUT2D eigenvalue weighted by Crippen LogP contribution is -2.50. The van der Waals surface area contributed by atoms with E-state index < -0.39 is 5.25 Å². The molecule has 3 atom stereocenters. The number of thioether (sulfide) groups is 1. The first-order chi connectivity index (χ1) is 12.6. The molecule has 3 aliphatic rings. The number of anilines is 1. The zero-order valence-corrected chi connectivity index (χ0v) is 15.9. The van der Waals surface area contributed by atoms with Gasteiger partial charge in [-0.2, -0.15) is 0 Å². The number of ether oxygens (including phenoxy) is 1. The molecule has 6 nitrogen and oxygen atoms in total. The second-order valence-electron chi connectivity index (χ2n) is 6.99. The van der Waals surface area contributed by atoms with Gasteiger partial charge in [0.1, 0.15) is 0 Å². The van der Waals surface area contributed by atoms with E-state index in [4.69, 9.17) is 16.3 Å². The molecule has 3 heterocycles. The summed E-state index contributed by atoms with van der Waals surface area (Å²) in [7, 11) is 0. The average Bonchev–Trinajstić information content (AvgIpc) is 3.08. The number of hydrogen-bond donors (Lipinski definition) is 2. The number of halogens is 1. The molecule has 2 N–H and O–H groups in total. The van der Waals surface area contributed by atoms with Gasteiger partial charge in [0.05, 0.1) is 23.6 Å². The van der Waals surface area contributed by atoms with Crippen molar-refractivity contribution in [3.63, 3.8) is 0 Å². The molecule has 1 aromatic carbocycles. The van der Waals surface area contributed by atoms with Crippen LogP contribution in [0.3, 0.4) is 0 Å². The van der Waals surface area contributed by atoms with E-state index >= 15 is 0 Å². The number of carbonyl (C=O) groups is 2. The second-order valence-corrected chi connectivity index (χ2v) is 8.67. The van der Waals surface area contributed by atoms with Gasteiger partial charge in [0.15, 0.2) is 0 Å². The van der Waals surface area contributed by atoms with Gasteiger partial charge in [-0.15, -0.1) is 11.8 Å². The van der Waals surface area contributed by atoms with Gasteiger partial charge in [-0.3, -0.25) is 14.5 Å². The van der Waals surface area contributed by atoms with Crippen molar-refractivity contribution in [1.29, 1.82) is 0 Å². The van der Waals surface area contributed by atoms with Gasteiger partial charge in [-0.1, -0.05) is 11.6 Å². The maximum Gasteiger partial charge on any atom is 0.238 e. The standard InChI is InChI=1S/C18H22ClN3O3S/c19-11-3-4-15-14(6-11)21-18(24)16(26-15)7-17(23)20-8-13-9-22-5-1-2-12(22)10-25-13/h3-4,6,12-13,16H,1-2,5,7-10H2,(H,20,23)(H,21,24)/t12-,13-,16+/m1/s1. The minimum atomic E-state index is -0.432. The van der Waals surface area contributed by atoms with Crippen LogP contribution < -0.4 is 10.6 Å². The molecule has 1 aromatic rings. The average molecular weight is 396 g/mol. The van der Waals surface area contributed by atoms with E-state index in [0.717, 1.165) is 24.6 Å². The largest absolute Gasteiger partial charge is 0.373 e. The van der Waals surface area contributed by atoms with Crippen LogP contribution in [0.2, 0.25) is 5.02 Å². The molecule has 0 radical (unpaired) electrons. The lowest BCUT2D eigenvalue weighted by Gasteiger charge is -2.35. The van der Waals surface area contributed by atoms with Crippen LogP contribution in [0.4, 0.5) is 5.69 Å². The minimum absolute atomic E-state index is 0.0315. The Labute approximate surface area is 162 Å². The fraction of sp³-hybridized carbons (Fsp3) is 0.556. The summed E-state index contributed by atoms with van der Waals surface area (Å²) in [6.45, 7) is 3.24. The third kappa shape index (κ3) is 4.01. The number of amides is 2. The summed E-state index contributed by atoms with van der Waals surface area (Å²) in [5, 5.41) is 5.91. The molecule has 0 spiro atoms. The van der Waals surface area contributed by atoms with Crippen LogP contribution in [0.15, 0.2) is 23.1 Å². The van der Waals surface area contributed by atoms with Crippen LogP contribution in [0.1, 0.15) is 19.3 Å². The Balaban J connectivity index is 1.27. The van der Waals surface area contributed by atoms with Crippen molar-refractivity contribution in [2.24, 2.45) is 0 Å². The number of benzene rings is 1. The molecule has 4 rings (SSSR count). The highest BCUT2D eigenvalue weighted by Gasteiger charge is 2.33. The second kappa shape index (κ2) is 7.76. The van der Waals surface area contributed by atoms with Gasteiger partial charge < -0.3 is 15.4 Å². The van der Waals surface area contributed by atoms with Crippen molar-refractivity contribution in [2.45, 2.75) is 41.6 Å². The molecular weight excluding hydrogens is 374 g/mol. The molecule has 0 saturated carbocycles. The molecule has 3 aliphatic heterocycles. The summed E-state index contributed by atoms with van der Waals surface area (Å²) in [5.74, 6) is -0.282. The molecular formula is C18H22ClN3O3S. The summed E-state index contributed by atoms with van der Waals surface area (Å²) in [6.07, 6.45) is 2.62. The van der Waals surface area contributed by atoms with Crippen molar-refractivity contribution in [2.75, 3.05) is 31.6 Å². The van der Waals surface area contributed by atoms with Crippen LogP contribution in [0.5, 0.6) is 0 Å². The number of fused-ring (bicyclic) bond motifs is 2. The molecule has 8 heteroatoms. The van der Waals surface area contributed by atoms with E-state index in [9.17, 15) is 9.59 Å². The molecule has 0 bridgehead atoms. The molecule has 26 heavy (non-hydrogen) atoms. The summed E-state index contributed by atoms with van der Waals surface area (Å²) in [5.41, 5.74) is 0.708. The van der Waals surface area contributed by atoms with Gasteiger partial charge in [0.25, 0.3) is 0 Å². The van der Waals surface area contributed by atoms with Gasteiger partial charge >= 0.3 is 0 Å². The summed E-state index contributed by atoms with van der Waals surface area (Å²) >= 11 is 7.36. The number of nitrogens with zero attached hydrogens (tertiary/aromatic N) is 1. The van der Waals surface area contributed by atoms with Crippen molar-refractivity contribution in [1.82, 2.24) is 10.2 Å². The van der Waals surface area contributed by atoms with Crippen molar-refractivity contribution in [3.05, 3.63) is 23.2 Å². The Kier molecular flexibility index (Phi) is 5.40. The van der Waals surface area contributed by atoms with Crippen LogP contribution in [0.25, 0.3) is 0 Å². The number of carbonyl (C=O) groups excluding carboxylic acids is 2. The Hall–Kier alpha value is -1.28. The fourth-order valence-corrected chi connectivity index (χ4v) is 5.00. The highest BCUT2D eigenvalue weighted by Crippen LogP contribution is 2.38. The molecule has 0 unspecified atom stereocenters. The predicted octanol–water partition coefficient (Wildman–Crippen LogP) is 2.12. The third-order valence-electron chi connectivity index (χ3n) is 5.12. The summed E-state index contributed by atoms with van der Waals surface area (Å²) in [6, 6.07) is 5.94. The number of morpholine rings is 1. The molecule has 0 aliphatic carbocycles. The highest BCUT2D eigenvalue weighted by atomic mass is 35.5. The van der Waals surface area contributed by atoms with E-state index in [1.165, 1.54) is 24.6 Å². The maximum atomic E-state index is 12.3. The number of hydrogen-bond acceptors (Lipinski definition) is 5. The zero-order chi connectivity index (χ0) is 18.1. The summed E-state index contributed by atoms with van der Waals surface area (Å²) < 4.78 is 5.86. The Morgan fingerprint density at radius 3 is 3.23 bits per heavy atom. The van der Waals surface area contributed by atoms with Gasteiger partial charge in [0, 0.05) is 35.5 Å². The molecule has 140 valence electrons.